The summed E-state index contributed by atoms with van der Waals surface area (Å²) >= 11 is 0. The van der Waals surface area contributed by atoms with E-state index in [9.17, 15) is 14.7 Å². The Morgan fingerprint density at radius 1 is 1.53 bits per heavy atom. The Morgan fingerprint density at radius 3 is 2.68 bits per heavy atom. The smallest absolute Gasteiger partial charge is 0.308 e. The van der Waals surface area contributed by atoms with Crippen molar-refractivity contribution in [3.63, 3.8) is 0 Å². The summed E-state index contributed by atoms with van der Waals surface area (Å²) < 4.78 is 5.17. The number of amides is 1. The normalized spacial score (nSPS) is 25.8. The van der Waals surface area contributed by atoms with Gasteiger partial charge in [-0.05, 0) is 26.0 Å². The predicted octanol–water partition coefficient (Wildman–Crippen LogP) is 0.708. The Kier molecular flexibility index (Phi) is 3.61. The molecule has 0 spiro atoms. The van der Waals surface area contributed by atoms with E-state index in [0.29, 0.717) is 5.76 Å². The molecule has 0 aliphatic carbocycles. The Bertz CT molecular complexity index is 467. The maximum atomic E-state index is 12.0. The van der Waals surface area contributed by atoms with Crippen molar-refractivity contribution in [2.24, 2.45) is 11.8 Å². The predicted molar refractivity (Wildman–Crippen MR) is 65.0 cm³/mol. The van der Waals surface area contributed by atoms with Gasteiger partial charge in [-0.1, -0.05) is 0 Å². The zero-order valence-electron chi connectivity index (χ0n) is 10.8. The fraction of sp³-hybridized carbons (Fsp3) is 0.538. The van der Waals surface area contributed by atoms with Crippen LogP contribution in [0.1, 0.15) is 19.6 Å². The number of nitrogens with zero attached hydrogens (tertiary/aromatic N) is 1. The van der Waals surface area contributed by atoms with Gasteiger partial charge >= 0.3 is 5.97 Å². The van der Waals surface area contributed by atoms with E-state index in [-0.39, 0.29) is 12.5 Å². The van der Waals surface area contributed by atoms with Crippen molar-refractivity contribution < 1.29 is 24.2 Å². The fourth-order valence-electron chi connectivity index (χ4n) is 2.57. The third-order valence-electron chi connectivity index (χ3n) is 3.62. The summed E-state index contributed by atoms with van der Waals surface area (Å²) in [4.78, 5) is 24.6. The Hall–Kier alpha value is -1.82. The van der Waals surface area contributed by atoms with E-state index >= 15 is 0 Å². The number of hydrogen-bond donors (Lipinski definition) is 2. The number of β-lactam (4-membered cyclic amide) rings is 1. The molecule has 6 heteroatoms. The molecule has 1 aliphatic heterocycles. The molecule has 0 radical (unpaired) electrons. The number of carbonyl (C=O) groups is 2. The van der Waals surface area contributed by atoms with E-state index in [4.69, 9.17) is 9.52 Å². The lowest BCUT2D eigenvalue weighted by molar-refractivity contribution is -0.174. The number of rotatable bonds is 5. The van der Waals surface area contributed by atoms with Gasteiger partial charge in [0.25, 0.3) is 0 Å². The van der Waals surface area contributed by atoms with Gasteiger partial charge < -0.3 is 19.5 Å². The van der Waals surface area contributed by atoms with E-state index in [0.717, 1.165) is 0 Å². The van der Waals surface area contributed by atoms with Crippen LogP contribution >= 0.6 is 0 Å². The van der Waals surface area contributed by atoms with Crippen LogP contribution < -0.4 is 0 Å². The Labute approximate surface area is 110 Å². The van der Waals surface area contributed by atoms with Gasteiger partial charge in [-0.15, -0.1) is 0 Å². The second-order valence-corrected chi connectivity index (χ2v) is 4.93. The molecule has 2 heterocycles. The second kappa shape index (κ2) is 5.05. The third-order valence-corrected chi connectivity index (χ3v) is 3.62. The highest BCUT2D eigenvalue weighted by Crippen LogP contribution is 2.36. The molecule has 1 aliphatic rings. The minimum Gasteiger partial charge on any atom is -0.481 e. The van der Waals surface area contributed by atoms with Crippen LogP contribution in [-0.4, -0.2) is 39.1 Å². The number of likely N-dealkylation sites (tertiary alicyclic amines) is 1. The van der Waals surface area contributed by atoms with Gasteiger partial charge in [0.15, 0.2) is 0 Å². The van der Waals surface area contributed by atoms with Crippen LogP contribution in [0.4, 0.5) is 0 Å². The molecule has 0 aromatic carbocycles. The van der Waals surface area contributed by atoms with E-state index in [1.807, 2.05) is 0 Å². The first kappa shape index (κ1) is 13.6. The molecule has 0 saturated carbocycles. The van der Waals surface area contributed by atoms with E-state index < -0.39 is 30.0 Å². The minimum atomic E-state index is -0.979. The molecule has 19 heavy (non-hydrogen) atoms. The molecule has 1 aromatic heterocycles. The molecule has 104 valence electrons. The summed E-state index contributed by atoms with van der Waals surface area (Å²) in [5.41, 5.74) is 0. The molecule has 1 unspecified atom stereocenters. The van der Waals surface area contributed by atoms with Crippen LogP contribution in [0.3, 0.4) is 0 Å². The van der Waals surface area contributed by atoms with Gasteiger partial charge in [-0.25, -0.2) is 0 Å². The lowest BCUT2D eigenvalue weighted by Crippen LogP contribution is -2.66. The topological polar surface area (TPSA) is 91.0 Å². The van der Waals surface area contributed by atoms with Crippen LogP contribution in [0, 0.1) is 11.8 Å². The first-order valence-electron chi connectivity index (χ1n) is 6.17. The maximum Gasteiger partial charge on any atom is 0.308 e. The van der Waals surface area contributed by atoms with Crippen molar-refractivity contribution in [3.05, 3.63) is 24.2 Å². The van der Waals surface area contributed by atoms with Gasteiger partial charge in [-0.3, -0.25) is 9.59 Å². The number of carboxylic acid groups (broad SMARTS) is 1. The van der Waals surface area contributed by atoms with Crippen molar-refractivity contribution in [1.29, 1.82) is 0 Å². The highest BCUT2D eigenvalue weighted by molar-refractivity contribution is 5.88. The van der Waals surface area contributed by atoms with Crippen molar-refractivity contribution in [3.8, 4) is 0 Å². The number of aliphatic hydroxyl groups excluding tert-OH is 1. The maximum absolute atomic E-state index is 12.0. The van der Waals surface area contributed by atoms with Crippen LogP contribution in [0.2, 0.25) is 0 Å². The van der Waals surface area contributed by atoms with Gasteiger partial charge in [-0.2, -0.15) is 0 Å². The lowest BCUT2D eigenvalue weighted by Gasteiger charge is -2.49. The quantitative estimate of drug-likeness (QED) is 0.767. The van der Waals surface area contributed by atoms with Crippen molar-refractivity contribution in [2.45, 2.75) is 32.5 Å². The molecular weight excluding hydrogens is 250 g/mol. The van der Waals surface area contributed by atoms with Gasteiger partial charge in [0.05, 0.1) is 36.8 Å². The highest BCUT2D eigenvalue weighted by atomic mass is 16.4. The van der Waals surface area contributed by atoms with E-state index in [1.54, 1.807) is 19.1 Å². The highest BCUT2D eigenvalue weighted by Gasteiger charge is 2.53. The zero-order valence-corrected chi connectivity index (χ0v) is 10.8. The minimum absolute atomic E-state index is 0.232. The van der Waals surface area contributed by atoms with E-state index in [1.165, 1.54) is 18.1 Å². The molecule has 1 saturated heterocycles. The van der Waals surface area contributed by atoms with Crippen molar-refractivity contribution in [1.82, 2.24) is 4.90 Å². The number of furan rings is 1. The summed E-state index contributed by atoms with van der Waals surface area (Å²) in [6.07, 6.45) is 0.647. The molecule has 0 bridgehead atoms. The number of carboxylic acids is 1. The SMILES string of the molecule is CC(C(=O)O)[C@H]1[C@H]([C@H](C)O)C(=O)N1Cc1ccco1. The monoisotopic (exact) mass is 267 g/mol. The molecule has 1 aromatic rings. The fourth-order valence-corrected chi connectivity index (χ4v) is 2.57. The van der Waals surface area contributed by atoms with Crippen LogP contribution in [0.25, 0.3) is 0 Å². The van der Waals surface area contributed by atoms with Gasteiger partial charge in [0, 0.05) is 0 Å². The molecule has 1 fully saturated rings. The summed E-state index contributed by atoms with van der Waals surface area (Å²) in [7, 11) is 0. The van der Waals surface area contributed by atoms with Gasteiger partial charge in [0.1, 0.15) is 5.76 Å². The first-order valence-corrected chi connectivity index (χ1v) is 6.17. The molecule has 2 rings (SSSR count). The third kappa shape index (κ3) is 2.35. The number of aliphatic carboxylic acids is 1. The zero-order chi connectivity index (χ0) is 14.2. The van der Waals surface area contributed by atoms with Crippen molar-refractivity contribution in [2.75, 3.05) is 0 Å². The summed E-state index contributed by atoms with van der Waals surface area (Å²) in [6.45, 7) is 3.29. The van der Waals surface area contributed by atoms with Gasteiger partial charge in [0.2, 0.25) is 5.91 Å². The molecule has 6 nitrogen and oxygen atoms in total. The average Bonchev–Trinajstić information content (AvgIpc) is 2.83. The van der Waals surface area contributed by atoms with Crippen LogP contribution in [0.5, 0.6) is 0 Å². The van der Waals surface area contributed by atoms with Crippen LogP contribution in [-0.2, 0) is 16.1 Å². The number of aliphatic hydroxyl groups is 1. The Balaban J connectivity index is 2.17. The van der Waals surface area contributed by atoms with Crippen LogP contribution in [0.15, 0.2) is 22.8 Å². The Morgan fingerprint density at radius 2 is 2.21 bits per heavy atom. The van der Waals surface area contributed by atoms with E-state index in [2.05, 4.69) is 0 Å². The molecular formula is C13H17NO5. The van der Waals surface area contributed by atoms with Crippen molar-refractivity contribution >= 4 is 11.9 Å². The number of carbonyl (C=O) groups excluding carboxylic acids is 1. The molecule has 4 atom stereocenters. The first-order chi connectivity index (χ1) is 8.93. The average molecular weight is 267 g/mol. The standard InChI is InChI=1S/C13H17NO5/c1-7(13(17)18)11-10(8(2)15)12(16)14(11)6-9-4-3-5-19-9/h3-5,7-8,10-11,15H,6H2,1-2H3,(H,17,18)/t7?,8-,10-,11-/m0/s1. The number of hydrogen-bond acceptors (Lipinski definition) is 4. The largest absolute Gasteiger partial charge is 0.481 e. The summed E-state index contributed by atoms with van der Waals surface area (Å²) in [5, 5.41) is 18.7. The summed E-state index contributed by atoms with van der Waals surface area (Å²) in [5.74, 6) is -1.99. The second-order valence-electron chi connectivity index (χ2n) is 4.93. The summed E-state index contributed by atoms with van der Waals surface area (Å²) in [6, 6.07) is 2.93. The molecule has 2 N–H and O–H groups in total. The lowest BCUT2D eigenvalue weighted by atomic mass is 9.76. The molecule has 1 amide bonds.